The summed E-state index contributed by atoms with van der Waals surface area (Å²) in [5.41, 5.74) is 1.25. The molecule has 0 bridgehead atoms. The van der Waals surface area contributed by atoms with Crippen molar-refractivity contribution in [2.45, 2.75) is 45.3 Å². The number of hydrogen-bond donors (Lipinski definition) is 1. The molecule has 1 aromatic heterocycles. The van der Waals surface area contributed by atoms with Crippen LogP contribution in [0.2, 0.25) is 0 Å². The van der Waals surface area contributed by atoms with Gasteiger partial charge in [-0.15, -0.1) is 0 Å². The van der Waals surface area contributed by atoms with Crippen molar-refractivity contribution in [3.8, 4) is 0 Å². The van der Waals surface area contributed by atoms with Crippen molar-refractivity contribution in [2.24, 2.45) is 11.8 Å². The fraction of sp³-hybridized carbons (Fsp3) is 0.800. The maximum Gasteiger partial charge on any atom is 0.111 e. The summed E-state index contributed by atoms with van der Waals surface area (Å²) in [7, 11) is 0. The minimum atomic E-state index is 0.170. The Kier molecular flexibility index (Phi) is 3.89. The Labute approximate surface area is 115 Å². The Morgan fingerprint density at radius 1 is 1.26 bits per heavy atom. The van der Waals surface area contributed by atoms with Crippen molar-refractivity contribution in [2.75, 3.05) is 19.7 Å². The van der Waals surface area contributed by atoms with Gasteiger partial charge in [0.05, 0.1) is 24.8 Å². The number of morpholine rings is 1. The van der Waals surface area contributed by atoms with Crippen LogP contribution in [0.1, 0.15) is 50.9 Å². The summed E-state index contributed by atoms with van der Waals surface area (Å²) >= 11 is 0. The van der Waals surface area contributed by atoms with E-state index in [2.05, 4.69) is 28.7 Å². The van der Waals surface area contributed by atoms with Crippen LogP contribution in [0.3, 0.4) is 0 Å². The summed E-state index contributed by atoms with van der Waals surface area (Å²) in [5.74, 6) is 1.63. The highest BCUT2D eigenvalue weighted by Crippen LogP contribution is 2.37. The lowest BCUT2D eigenvalue weighted by Gasteiger charge is -2.34. The van der Waals surface area contributed by atoms with Gasteiger partial charge in [0.1, 0.15) is 6.10 Å². The molecule has 2 aliphatic rings. The van der Waals surface area contributed by atoms with Crippen LogP contribution in [0, 0.1) is 11.8 Å². The fourth-order valence-corrected chi connectivity index (χ4v) is 3.76. The topological polar surface area (TPSA) is 39.1 Å². The molecule has 3 unspecified atom stereocenters. The zero-order valence-electron chi connectivity index (χ0n) is 12.0. The van der Waals surface area contributed by atoms with E-state index in [1.165, 1.54) is 25.0 Å². The van der Waals surface area contributed by atoms with Gasteiger partial charge < -0.3 is 14.6 Å². The highest BCUT2D eigenvalue weighted by Gasteiger charge is 2.28. The number of imidazole rings is 1. The molecule has 1 aliphatic carbocycles. The molecule has 1 aromatic rings. The second-order valence-corrected chi connectivity index (χ2v) is 6.36. The first-order valence-corrected chi connectivity index (χ1v) is 7.58. The molecule has 2 fully saturated rings. The summed E-state index contributed by atoms with van der Waals surface area (Å²) < 4.78 is 8.26. The van der Waals surface area contributed by atoms with Gasteiger partial charge in [0.15, 0.2) is 0 Å². The van der Waals surface area contributed by atoms with Crippen molar-refractivity contribution in [1.82, 2.24) is 14.9 Å². The van der Waals surface area contributed by atoms with E-state index in [-0.39, 0.29) is 6.10 Å². The van der Waals surface area contributed by atoms with Gasteiger partial charge in [-0.2, -0.15) is 0 Å². The van der Waals surface area contributed by atoms with E-state index in [0.717, 1.165) is 31.5 Å². The summed E-state index contributed by atoms with van der Waals surface area (Å²) in [5, 5.41) is 3.40. The second-order valence-electron chi connectivity index (χ2n) is 6.36. The van der Waals surface area contributed by atoms with Crippen molar-refractivity contribution >= 4 is 0 Å². The van der Waals surface area contributed by atoms with Gasteiger partial charge in [0.25, 0.3) is 0 Å². The van der Waals surface area contributed by atoms with Crippen LogP contribution in [-0.4, -0.2) is 29.2 Å². The minimum absolute atomic E-state index is 0.170. The Morgan fingerprint density at radius 3 is 2.74 bits per heavy atom. The van der Waals surface area contributed by atoms with E-state index in [4.69, 9.17) is 4.74 Å². The lowest BCUT2D eigenvalue weighted by molar-refractivity contribution is 0.0207. The molecule has 1 N–H and O–H groups in total. The molecule has 3 rings (SSSR count). The molecule has 2 heterocycles. The molecule has 4 nitrogen and oxygen atoms in total. The van der Waals surface area contributed by atoms with Crippen molar-refractivity contribution in [1.29, 1.82) is 0 Å². The molecule has 0 spiro atoms. The van der Waals surface area contributed by atoms with Gasteiger partial charge in [0.2, 0.25) is 0 Å². The summed E-state index contributed by atoms with van der Waals surface area (Å²) in [6.07, 6.45) is 8.07. The third kappa shape index (κ3) is 2.84. The second kappa shape index (κ2) is 5.63. The van der Waals surface area contributed by atoms with Crippen LogP contribution in [0.25, 0.3) is 0 Å². The van der Waals surface area contributed by atoms with Crippen molar-refractivity contribution < 1.29 is 4.74 Å². The van der Waals surface area contributed by atoms with E-state index >= 15 is 0 Å². The third-order valence-corrected chi connectivity index (χ3v) is 4.50. The molecule has 1 saturated carbocycles. The number of nitrogens with zero attached hydrogens (tertiary/aromatic N) is 2. The minimum Gasteiger partial charge on any atom is -0.369 e. The van der Waals surface area contributed by atoms with Gasteiger partial charge in [-0.3, -0.25) is 0 Å². The number of aromatic nitrogens is 2. The zero-order valence-corrected chi connectivity index (χ0v) is 12.0. The van der Waals surface area contributed by atoms with E-state index in [1.54, 1.807) is 0 Å². The van der Waals surface area contributed by atoms with Gasteiger partial charge in [-0.1, -0.05) is 13.8 Å². The summed E-state index contributed by atoms with van der Waals surface area (Å²) in [6.45, 7) is 7.41. The van der Waals surface area contributed by atoms with E-state index in [0.29, 0.717) is 6.04 Å². The van der Waals surface area contributed by atoms with Gasteiger partial charge >= 0.3 is 0 Å². The Morgan fingerprint density at radius 2 is 2.05 bits per heavy atom. The Hall–Kier alpha value is -0.870. The first-order chi connectivity index (χ1) is 9.24. The van der Waals surface area contributed by atoms with Crippen LogP contribution in [0.15, 0.2) is 12.5 Å². The number of rotatable bonds is 2. The first-order valence-electron chi connectivity index (χ1n) is 7.58. The molecule has 1 saturated heterocycles. The molecule has 19 heavy (non-hydrogen) atoms. The third-order valence-electron chi connectivity index (χ3n) is 4.50. The van der Waals surface area contributed by atoms with E-state index in [1.807, 2.05) is 12.5 Å². The maximum atomic E-state index is 5.88. The molecule has 4 heteroatoms. The number of hydrogen-bond acceptors (Lipinski definition) is 3. The van der Waals surface area contributed by atoms with E-state index < -0.39 is 0 Å². The summed E-state index contributed by atoms with van der Waals surface area (Å²) in [6, 6.07) is 0.599. The smallest absolute Gasteiger partial charge is 0.111 e. The Balaban J connectivity index is 1.78. The van der Waals surface area contributed by atoms with Gasteiger partial charge in [0, 0.05) is 19.1 Å². The first kappa shape index (κ1) is 13.1. The fourth-order valence-electron chi connectivity index (χ4n) is 3.76. The predicted octanol–water partition coefficient (Wildman–Crippen LogP) is 2.54. The van der Waals surface area contributed by atoms with Crippen LogP contribution in [0.5, 0.6) is 0 Å². The SMILES string of the molecule is CC1CC(C)CC(n2cncc2C2CNCCO2)C1. The van der Waals surface area contributed by atoms with E-state index in [9.17, 15) is 0 Å². The molecule has 0 radical (unpaired) electrons. The Bertz CT molecular complexity index is 401. The van der Waals surface area contributed by atoms with Crippen molar-refractivity contribution in [3.05, 3.63) is 18.2 Å². The quantitative estimate of drug-likeness (QED) is 0.891. The van der Waals surface area contributed by atoms with Crippen LogP contribution < -0.4 is 5.32 Å². The molecular formula is C15H25N3O. The maximum absolute atomic E-state index is 5.88. The molecule has 0 aromatic carbocycles. The van der Waals surface area contributed by atoms with Gasteiger partial charge in [-0.25, -0.2) is 4.98 Å². The van der Waals surface area contributed by atoms with Crippen LogP contribution >= 0.6 is 0 Å². The molecule has 1 aliphatic heterocycles. The highest BCUT2D eigenvalue weighted by atomic mass is 16.5. The predicted molar refractivity (Wildman–Crippen MR) is 75.0 cm³/mol. The highest BCUT2D eigenvalue weighted by molar-refractivity contribution is 5.07. The normalized spacial score (nSPS) is 36.3. The summed E-state index contributed by atoms with van der Waals surface area (Å²) in [4.78, 5) is 4.38. The van der Waals surface area contributed by atoms with Crippen LogP contribution in [-0.2, 0) is 4.74 Å². The van der Waals surface area contributed by atoms with Gasteiger partial charge in [-0.05, 0) is 31.1 Å². The standard InChI is InChI=1S/C15H25N3O/c1-11-5-12(2)7-13(6-11)18-10-17-8-14(18)15-9-16-3-4-19-15/h8,10-13,15-16H,3-7,9H2,1-2H3. The monoisotopic (exact) mass is 263 g/mol. The molecule has 106 valence electrons. The lowest BCUT2D eigenvalue weighted by Crippen LogP contribution is -2.35. The zero-order chi connectivity index (χ0) is 13.2. The van der Waals surface area contributed by atoms with Crippen LogP contribution in [0.4, 0.5) is 0 Å². The molecule has 3 atom stereocenters. The molecule has 0 amide bonds. The largest absolute Gasteiger partial charge is 0.369 e. The average molecular weight is 263 g/mol. The lowest BCUT2D eigenvalue weighted by atomic mass is 9.80. The number of nitrogens with one attached hydrogen (secondary N) is 1. The number of ether oxygens (including phenoxy) is 1. The average Bonchev–Trinajstić information content (AvgIpc) is 2.88. The molecular weight excluding hydrogens is 238 g/mol. The van der Waals surface area contributed by atoms with Crippen molar-refractivity contribution in [3.63, 3.8) is 0 Å².